The van der Waals surface area contributed by atoms with Gasteiger partial charge < -0.3 is 19.8 Å². The molecule has 28 heavy (non-hydrogen) atoms. The molecular weight excluding hydrogens is 361 g/mol. The molecule has 2 aromatic rings. The van der Waals surface area contributed by atoms with Crippen LogP contribution in [0.4, 0.5) is 10.1 Å². The Bertz CT molecular complexity index is 790. The summed E-state index contributed by atoms with van der Waals surface area (Å²) in [5, 5.41) is 9.28. The summed E-state index contributed by atoms with van der Waals surface area (Å²) < 4.78 is 13.1. The fourth-order valence-corrected chi connectivity index (χ4v) is 3.27. The Morgan fingerprint density at radius 2 is 1.61 bits per heavy atom. The number of anilines is 1. The van der Waals surface area contributed by atoms with Crippen molar-refractivity contribution >= 4 is 17.5 Å². The van der Waals surface area contributed by atoms with Crippen molar-refractivity contribution < 1.29 is 19.1 Å². The highest BCUT2D eigenvalue weighted by atomic mass is 19.1. The average molecular weight is 385 g/mol. The first-order valence-corrected chi connectivity index (χ1v) is 9.32. The van der Waals surface area contributed by atoms with Crippen LogP contribution in [0.5, 0.6) is 0 Å². The highest BCUT2D eigenvalue weighted by Gasteiger charge is 2.29. The molecule has 148 valence electrons. The SMILES string of the molecule is O=C(C(=O)N(CCO)Cc1ccccc1)N1CCN(c2ccc(F)cc2)CC1. The largest absolute Gasteiger partial charge is 0.395 e. The van der Waals surface area contributed by atoms with E-state index in [4.69, 9.17) is 0 Å². The van der Waals surface area contributed by atoms with Crippen LogP contribution in [-0.4, -0.2) is 66.1 Å². The number of carbonyl (C=O) groups is 2. The van der Waals surface area contributed by atoms with Crippen molar-refractivity contribution in [1.29, 1.82) is 0 Å². The van der Waals surface area contributed by atoms with Crippen LogP contribution in [0, 0.1) is 5.82 Å². The molecule has 1 heterocycles. The summed E-state index contributed by atoms with van der Waals surface area (Å²) in [7, 11) is 0. The van der Waals surface area contributed by atoms with Crippen LogP contribution in [-0.2, 0) is 16.1 Å². The molecule has 1 N–H and O–H groups in total. The van der Waals surface area contributed by atoms with Crippen LogP contribution in [0.3, 0.4) is 0 Å². The Labute approximate surface area is 163 Å². The van der Waals surface area contributed by atoms with Crippen molar-refractivity contribution in [2.75, 3.05) is 44.2 Å². The van der Waals surface area contributed by atoms with Crippen LogP contribution >= 0.6 is 0 Å². The molecule has 0 bridgehead atoms. The molecule has 7 heteroatoms. The van der Waals surface area contributed by atoms with Gasteiger partial charge >= 0.3 is 11.8 Å². The number of aliphatic hydroxyl groups is 1. The summed E-state index contributed by atoms with van der Waals surface area (Å²) in [6.45, 7) is 2.16. The van der Waals surface area contributed by atoms with Crippen LogP contribution < -0.4 is 4.90 Å². The summed E-state index contributed by atoms with van der Waals surface area (Å²) in [4.78, 5) is 30.3. The van der Waals surface area contributed by atoms with E-state index in [0.717, 1.165) is 11.3 Å². The maximum absolute atomic E-state index is 13.1. The van der Waals surface area contributed by atoms with Gasteiger partial charge in [0.05, 0.1) is 6.61 Å². The Morgan fingerprint density at radius 1 is 0.964 bits per heavy atom. The molecular formula is C21H24FN3O3. The summed E-state index contributed by atoms with van der Waals surface area (Å²) in [5.74, 6) is -1.44. The van der Waals surface area contributed by atoms with Gasteiger partial charge in [0.2, 0.25) is 0 Å². The van der Waals surface area contributed by atoms with Crippen molar-refractivity contribution in [3.05, 3.63) is 66.0 Å². The molecule has 3 rings (SSSR count). The fourth-order valence-electron chi connectivity index (χ4n) is 3.27. The predicted molar refractivity (Wildman–Crippen MR) is 104 cm³/mol. The highest BCUT2D eigenvalue weighted by molar-refractivity contribution is 6.34. The van der Waals surface area contributed by atoms with Crippen molar-refractivity contribution in [2.45, 2.75) is 6.54 Å². The third-order valence-corrected chi connectivity index (χ3v) is 4.82. The maximum Gasteiger partial charge on any atom is 0.312 e. The van der Waals surface area contributed by atoms with Crippen LogP contribution in [0.15, 0.2) is 54.6 Å². The second-order valence-electron chi connectivity index (χ2n) is 6.69. The number of hydrogen-bond acceptors (Lipinski definition) is 4. The van der Waals surface area contributed by atoms with Crippen LogP contribution in [0.25, 0.3) is 0 Å². The van der Waals surface area contributed by atoms with Gasteiger partial charge in [0.25, 0.3) is 0 Å². The molecule has 0 unspecified atom stereocenters. The molecule has 0 aromatic heterocycles. The second kappa shape index (κ2) is 9.32. The minimum absolute atomic E-state index is 0.106. The molecule has 0 saturated carbocycles. The first-order chi connectivity index (χ1) is 13.6. The smallest absolute Gasteiger partial charge is 0.312 e. The summed E-state index contributed by atoms with van der Waals surface area (Å²) in [6.07, 6.45) is 0. The van der Waals surface area contributed by atoms with Gasteiger partial charge in [-0.15, -0.1) is 0 Å². The number of amides is 2. The van der Waals surface area contributed by atoms with Crippen molar-refractivity contribution in [2.24, 2.45) is 0 Å². The quantitative estimate of drug-likeness (QED) is 0.793. The molecule has 2 aromatic carbocycles. The maximum atomic E-state index is 13.1. The topological polar surface area (TPSA) is 64.1 Å². The number of carbonyl (C=O) groups excluding carboxylic acids is 2. The Hall–Kier alpha value is -2.93. The lowest BCUT2D eigenvalue weighted by atomic mass is 10.2. The highest BCUT2D eigenvalue weighted by Crippen LogP contribution is 2.17. The first-order valence-electron chi connectivity index (χ1n) is 9.32. The van der Waals surface area contributed by atoms with Gasteiger partial charge in [-0.3, -0.25) is 9.59 Å². The van der Waals surface area contributed by atoms with E-state index in [0.29, 0.717) is 26.2 Å². The number of nitrogens with zero attached hydrogens (tertiary/aromatic N) is 3. The van der Waals surface area contributed by atoms with Gasteiger partial charge in [0.1, 0.15) is 5.82 Å². The van der Waals surface area contributed by atoms with E-state index in [1.165, 1.54) is 21.9 Å². The van der Waals surface area contributed by atoms with Gasteiger partial charge in [0, 0.05) is 45.0 Å². The zero-order chi connectivity index (χ0) is 19.9. The molecule has 1 aliphatic rings. The molecule has 1 fully saturated rings. The Kier molecular flexibility index (Phi) is 6.60. The number of halogens is 1. The van der Waals surface area contributed by atoms with Gasteiger partial charge in [0.15, 0.2) is 0 Å². The summed E-state index contributed by atoms with van der Waals surface area (Å²) in [5.41, 5.74) is 1.80. The average Bonchev–Trinajstić information content (AvgIpc) is 2.74. The molecule has 0 aliphatic carbocycles. The minimum atomic E-state index is -0.604. The third-order valence-electron chi connectivity index (χ3n) is 4.82. The van der Waals surface area contributed by atoms with Crippen molar-refractivity contribution in [3.8, 4) is 0 Å². The van der Waals surface area contributed by atoms with Crippen molar-refractivity contribution in [3.63, 3.8) is 0 Å². The van der Waals surface area contributed by atoms with Crippen LogP contribution in [0.1, 0.15) is 5.56 Å². The lowest BCUT2D eigenvalue weighted by Gasteiger charge is -2.36. The normalized spacial score (nSPS) is 14.1. The van der Waals surface area contributed by atoms with Gasteiger partial charge in [-0.05, 0) is 29.8 Å². The molecule has 1 aliphatic heterocycles. The van der Waals surface area contributed by atoms with E-state index in [9.17, 15) is 19.1 Å². The van der Waals surface area contributed by atoms with E-state index in [2.05, 4.69) is 4.90 Å². The predicted octanol–water partition coefficient (Wildman–Crippen LogP) is 1.50. The number of benzene rings is 2. The number of piperazine rings is 1. The van der Waals surface area contributed by atoms with Crippen molar-refractivity contribution in [1.82, 2.24) is 9.80 Å². The zero-order valence-electron chi connectivity index (χ0n) is 15.6. The summed E-state index contributed by atoms with van der Waals surface area (Å²) in [6, 6.07) is 15.6. The zero-order valence-corrected chi connectivity index (χ0v) is 15.6. The van der Waals surface area contributed by atoms with Gasteiger partial charge in [-0.25, -0.2) is 4.39 Å². The van der Waals surface area contributed by atoms with E-state index in [1.807, 2.05) is 30.3 Å². The number of aliphatic hydroxyl groups excluding tert-OH is 1. The molecule has 1 saturated heterocycles. The first kappa shape index (κ1) is 19.8. The standard InChI is InChI=1S/C21H24FN3O3/c22-18-6-8-19(9-7-18)23-10-12-24(13-11-23)20(27)21(28)25(14-15-26)16-17-4-2-1-3-5-17/h1-9,26H,10-16H2. The second-order valence-corrected chi connectivity index (χ2v) is 6.69. The number of rotatable bonds is 5. The van der Waals surface area contributed by atoms with E-state index in [1.54, 1.807) is 12.1 Å². The van der Waals surface area contributed by atoms with E-state index < -0.39 is 11.8 Å². The molecule has 2 amide bonds. The minimum Gasteiger partial charge on any atom is -0.395 e. The lowest BCUT2D eigenvalue weighted by molar-refractivity contribution is -0.152. The monoisotopic (exact) mass is 385 g/mol. The summed E-state index contributed by atoms with van der Waals surface area (Å²) >= 11 is 0. The molecule has 6 nitrogen and oxygen atoms in total. The molecule has 0 atom stereocenters. The number of hydrogen-bond donors (Lipinski definition) is 1. The van der Waals surface area contributed by atoms with Crippen LogP contribution in [0.2, 0.25) is 0 Å². The lowest BCUT2D eigenvalue weighted by Crippen LogP contribution is -2.53. The molecule has 0 radical (unpaired) electrons. The van der Waals surface area contributed by atoms with Gasteiger partial charge in [-0.2, -0.15) is 0 Å². The van der Waals surface area contributed by atoms with Gasteiger partial charge in [-0.1, -0.05) is 30.3 Å². The molecule has 0 spiro atoms. The Balaban J connectivity index is 1.59. The third kappa shape index (κ3) is 4.86. The fraction of sp³-hybridized carbons (Fsp3) is 0.333. The van der Waals surface area contributed by atoms with E-state index >= 15 is 0 Å². The van der Waals surface area contributed by atoms with E-state index in [-0.39, 0.29) is 25.5 Å². The Morgan fingerprint density at radius 3 is 2.21 bits per heavy atom.